The van der Waals surface area contributed by atoms with Crippen molar-refractivity contribution in [2.75, 3.05) is 13.1 Å². The summed E-state index contributed by atoms with van der Waals surface area (Å²) in [6.45, 7) is 6.42. The molecule has 2 aromatic rings. The zero-order valence-electron chi connectivity index (χ0n) is 18.6. The minimum Gasteiger partial charge on any atom is -0.408 e. The molecule has 2 amide bonds. The third-order valence-corrected chi connectivity index (χ3v) is 7.57. The number of benzene rings is 1. The number of hydrogen-bond donors (Lipinski definition) is 2. The molecule has 2 unspecified atom stereocenters. The van der Waals surface area contributed by atoms with Gasteiger partial charge in [-0.25, -0.2) is 13.2 Å². The SMILES string of the molecule is CCC(C)NC(=O)C(C)NC(=O)CCn1c(=O)oc2cc(S(=O)(=O)N3CCCC3)ccc21. The molecule has 0 bridgehead atoms. The van der Waals surface area contributed by atoms with Crippen LogP contribution < -0.4 is 16.4 Å². The first-order valence-corrected chi connectivity index (χ1v) is 12.3. The van der Waals surface area contributed by atoms with Gasteiger partial charge in [0.2, 0.25) is 21.8 Å². The van der Waals surface area contributed by atoms with Crippen LogP contribution in [-0.4, -0.2) is 54.3 Å². The minimum absolute atomic E-state index is 0.0110. The molecule has 3 rings (SSSR count). The molecule has 1 aromatic heterocycles. The van der Waals surface area contributed by atoms with Crippen LogP contribution in [0.25, 0.3) is 11.1 Å². The first-order chi connectivity index (χ1) is 15.1. The van der Waals surface area contributed by atoms with Crippen molar-refractivity contribution in [1.29, 1.82) is 0 Å². The molecule has 2 atom stereocenters. The Morgan fingerprint density at radius 1 is 1.16 bits per heavy atom. The van der Waals surface area contributed by atoms with Gasteiger partial charge in [-0.05, 0) is 45.2 Å². The van der Waals surface area contributed by atoms with Crippen LogP contribution in [0.3, 0.4) is 0 Å². The van der Waals surface area contributed by atoms with Gasteiger partial charge in [-0.15, -0.1) is 0 Å². The number of nitrogens with zero attached hydrogens (tertiary/aromatic N) is 2. The van der Waals surface area contributed by atoms with E-state index in [4.69, 9.17) is 4.42 Å². The highest BCUT2D eigenvalue weighted by atomic mass is 32.2. The summed E-state index contributed by atoms with van der Waals surface area (Å²) in [4.78, 5) is 36.7. The number of carbonyl (C=O) groups is 2. The lowest BCUT2D eigenvalue weighted by atomic mass is 10.2. The highest BCUT2D eigenvalue weighted by molar-refractivity contribution is 7.89. The molecule has 1 fully saturated rings. The van der Waals surface area contributed by atoms with Crippen LogP contribution in [0.2, 0.25) is 0 Å². The van der Waals surface area contributed by atoms with E-state index in [2.05, 4.69) is 10.6 Å². The van der Waals surface area contributed by atoms with Crippen molar-refractivity contribution in [3.8, 4) is 0 Å². The molecule has 0 aliphatic carbocycles. The standard InChI is InChI=1S/C21H30N4O6S/c1-4-14(2)22-20(27)15(3)23-19(26)9-12-25-17-8-7-16(13-18(17)31-21(25)28)32(29,30)24-10-5-6-11-24/h7-8,13-15H,4-6,9-12H2,1-3H3,(H,22,27)(H,23,26). The Labute approximate surface area is 187 Å². The van der Waals surface area contributed by atoms with Gasteiger partial charge in [0.1, 0.15) is 6.04 Å². The van der Waals surface area contributed by atoms with Crippen LogP contribution in [-0.2, 0) is 26.2 Å². The maximum atomic E-state index is 12.7. The van der Waals surface area contributed by atoms with Crippen molar-refractivity contribution in [2.24, 2.45) is 0 Å². The van der Waals surface area contributed by atoms with Gasteiger partial charge in [0.15, 0.2) is 5.58 Å². The maximum absolute atomic E-state index is 12.7. The van der Waals surface area contributed by atoms with E-state index in [0.717, 1.165) is 19.3 Å². The second-order valence-corrected chi connectivity index (χ2v) is 10.1. The largest absolute Gasteiger partial charge is 0.419 e. The summed E-state index contributed by atoms with van der Waals surface area (Å²) in [7, 11) is -3.63. The Balaban J connectivity index is 1.68. The average molecular weight is 467 g/mol. The lowest BCUT2D eigenvalue weighted by Crippen LogP contribution is -2.47. The third kappa shape index (κ3) is 5.21. The predicted molar refractivity (Wildman–Crippen MR) is 119 cm³/mol. The molecule has 11 heteroatoms. The highest BCUT2D eigenvalue weighted by Gasteiger charge is 2.28. The van der Waals surface area contributed by atoms with Crippen molar-refractivity contribution in [1.82, 2.24) is 19.5 Å². The number of nitrogens with one attached hydrogen (secondary N) is 2. The van der Waals surface area contributed by atoms with E-state index < -0.39 is 21.8 Å². The monoisotopic (exact) mass is 466 g/mol. The van der Waals surface area contributed by atoms with E-state index in [9.17, 15) is 22.8 Å². The number of amides is 2. The van der Waals surface area contributed by atoms with E-state index in [1.807, 2.05) is 13.8 Å². The number of fused-ring (bicyclic) bond motifs is 1. The lowest BCUT2D eigenvalue weighted by Gasteiger charge is -2.17. The highest BCUT2D eigenvalue weighted by Crippen LogP contribution is 2.24. The quantitative estimate of drug-likeness (QED) is 0.571. The van der Waals surface area contributed by atoms with Gasteiger partial charge < -0.3 is 15.1 Å². The van der Waals surface area contributed by atoms with E-state index in [0.29, 0.717) is 18.6 Å². The van der Waals surface area contributed by atoms with Crippen LogP contribution in [0.15, 0.2) is 32.3 Å². The van der Waals surface area contributed by atoms with Crippen molar-refractivity contribution >= 4 is 32.9 Å². The Hall–Kier alpha value is -2.66. The van der Waals surface area contributed by atoms with Crippen LogP contribution in [0.1, 0.15) is 46.5 Å². The summed E-state index contributed by atoms with van der Waals surface area (Å²) < 4.78 is 33.4. The van der Waals surface area contributed by atoms with Gasteiger partial charge in [0, 0.05) is 38.2 Å². The van der Waals surface area contributed by atoms with Crippen LogP contribution in [0, 0.1) is 0 Å². The van der Waals surface area contributed by atoms with Crippen LogP contribution in [0.4, 0.5) is 0 Å². The van der Waals surface area contributed by atoms with Gasteiger partial charge in [-0.3, -0.25) is 14.2 Å². The zero-order valence-corrected chi connectivity index (χ0v) is 19.4. The number of carbonyl (C=O) groups excluding carboxylic acids is 2. The normalized spacial score (nSPS) is 16.7. The molecule has 0 spiro atoms. The van der Waals surface area contributed by atoms with Crippen LogP contribution >= 0.6 is 0 Å². The second kappa shape index (κ2) is 9.86. The summed E-state index contributed by atoms with van der Waals surface area (Å²) >= 11 is 0. The Kier molecular flexibility index (Phi) is 7.40. The van der Waals surface area contributed by atoms with Crippen molar-refractivity contribution in [3.05, 3.63) is 28.7 Å². The molecule has 176 valence electrons. The van der Waals surface area contributed by atoms with Crippen LogP contribution in [0.5, 0.6) is 0 Å². The van der Waals surface area contributed by atoms with Gasteiger partial charge in [-0.2, -0.15) is 4.31 Å². The molecular weight excluding hydrogens is 436 g/mol. The minimum atomic E-state index is -3.63. The number of aryl methyl sites for hydroxylation is 1. The number of hydrogen-bond acceptors (Lipinski definition) is 6. The summed E-state index contributed by atoms with van der Waals surface area (Å²) in [5.41, 5.74) is 0.558. The van der Waals surface area contributed by atoms with E-state index in [1.54, 1.807) is 6.92 Å². The number of sulfonamides is 1. The number of rotatable bonds is 9. The van der Waals surface area contributed by atoms with Gasteiger partial charge in [0.05, 0.1) is 10.4 Å². The fourth-order valence-corrected chi connectivity index (χ4v) is 5.09. The lowest BCUT2D eigenvalue weighted by molar-refractivity contribution is -0.129. The molecule has 0 saturated carbocycles. The Morgan fingerprint density at radius 3 is 2.50 bits per heavy atom. The van der Waals surface area contributed by atoms with Gasteiger partial charge >= 0.3 is 5.76 Å². The summed E-state index contributed by atoms with van der Waals surface area (Å²) in [5, 5.41) is 5.42. The number of oxazole rings is 1. The topological polar surface area (TPSA) is 131 Å². The molecule has 1 saturated heterocycles. The van der Waals surface area contributed by atoms with Crippen molar-refractivity contribution in [3.63, 3.8) is 0 Å². The van der Waals surface area contributed by atoms with E-state index in [1.165, 1.54) is 27.1 Å². The van der Waals surface area contributed by atoms with E-state index >= 15 is 0 Å². The fraction of sp³-hybridized carbons (Fsp3) is 0.571. The smallest absolute Gasteiger partial charge is 0.408 e. The first kappa shape index (κ1) is 24.0. The molecular formula is C21H30N4O6S. The molecule has 0 radical (unpaired) electrons. The molecule has 1 aromatic carbocycles. The summed E-state index contributed by atoms with van der Waals surface area (Å²) in [6.07, 6.45) is 2.40. The third-order valence-electron chi connectivity index (χ3n) is 5.68. The zero-order chi connectivity index (χ0) is 23.5. The maximum Gasteiger partial charge on any atom is 0.419 e. The fourth-order valence-electron chi connectivity index (χ4n) is 3.56. The van der Waals surface area contributed by atoms with E-state index in [-0.39, 0.29) is 41.3 Å². The van der Waals surface area contributed by atoms with Gasteiger partial charge in [-0.1, -0.05) is 6.92 Å². The predicted octanol–water partition coefficient (Wildman–Crippen LogP) is 1.19. The Morgan fingerprint density at radius 2 is 1.84 bits per heavy atom. The second-order valence-electron chi connectivity index (χ2n) is 8.12. The summed E-state index contributed by atoms with van der Waals surface area (Å²) in [6, 6.07) is 3.62. The molecule has 10 nitrogen and oxygen atoms in total. The summed E-state index contributed by atoms with van der Waals surface area (Å²) in [5.74, 6) is -1.33. The molecule has 1 aliphatic rings. The molecule has 32 heavy (non-hydrogen) atoms. The molecule has 1 aliphatic heterocycles. The molecule has 2 N–H and O–H groups in total. The number of aromatic nitrogens is 1. The Bertz CT molecular complexity index is 1150. The van der Waals surface area contributed by atoms with Gasteiger partial charge in [0.25, 0.3) is 0 Å². The average Bonchev–Trinajstić information content (AvgIpc) is 3.39. The first-order valence-electron chi connectivity index (χ1n) is 10.9. The molecule has 2 heterocycles. The van der Waals surface area contributed by atoms with Crippen molar-refractivity contribution < 1.29 is 22.4 Å². The van der Waals surface area contributed by atoms with Crippen molar-refractivity contribution in [2.45, 2.75) is 70.0 Å².